The van der Waals surface area contributed by atoms with E-state index in [0.717, 1.165) is 31.2 Å². The summed E-state index contributed by atoms with van der Waals surface area (Å²) < 4.78 is 39.5. The van der Waals surface area contributed by atoms with Crippen LogP contribution in [0.3, 0.4) is 0 Å². The minimum Gasteiger partial charge on any atom is -0.354 e. The first-order chi connectivity index (χ1) is 12.0. The van der Waals surface area contributed by atoms with Gasteiger partial charge in [0.25, 0.3) is 0 Å². The summed E-state index contributed by atoms with van der Waals surface area (Å²) in [6, 6.07) is 4.55. The fourth-order valence-electron chi connectivity index (χ4n) is 2.61. The molecule has 1 aliphatic rings. The first kappa shape index (κ1) is 15.5. The normalized spacial score (nSPS) is 15.4. The smallest absolute Gasteiger partial charge is 0.354 e. The van der Waals surface area contributed by atoms with Crippen molar-refractivity contribution in [2.24, 2.45) is 5.92 Å². The Labute approximate surface area is 139 Å². The van der Waals surface area contributed by atoms with Crippen molar-refractivity contribution in [3.05, 3.63) is 36.4 Å². The minimum atomic E-state index is -4.47. The van der Waals surface area contributed by atoms with Gasteiger partial charge in [-0.1, -0.05) is 0 Å². The first-order valence-corrected chi connectivity index (χ1v) is 7.55. The molecule has 4 heterocycles. The number of hydrogen-bond donors (Lipinski definition) is 1. The highest BCUT2D eigenvalue weighted by Crippen LogP contribution is 2.28. The maximum absolute atomic E-state index is 12.6. The van der Waals surface area contributed by atoms with E-state index in [1.807, 2.05) is 12.1 Å². The number of nitrogens with zero attached hydrogens (tertiary/aromatic N) is 7. The Hall–Kier alpha value is -2.98. The van der Waals surface area contributed by atoms with Crippen LogP contribution in [0.25, 0.3) is 5.65 Å². The van der Waals surface area contributed by atoms with Gasteiger partial charge in [0, 0.05) is 31.7 Å². The van der Waals surface area contributed by atoms with Crippen LogP contribution in [-0.4, -0.2) is 49.4 Å². The van der Waals surface area contributed by atoms with Crippen LogP contribution in [0.2, 0.25) is 0 Å². The molecule has 4 rings (SSSR count). The number of anilines is 2. The van der Waals surface area contributed by atoms with Crippen molar-refractivity contribution < 1.29 is 13.2 Å². The van der Waals surface area contributed by atoms with Crippen molar-refractivity contribution in [3.8, 4) is 0 Å². The van der Waals surface area contributed by atoms with Crippen molar-refractivity contribution in [2.45, 2.75) is 6.18 Å². The Balaban J connectivity index is 1.33. The fourth-order valence-corrected chi connectivity index (χ4v) is 2.61. The van der Waals surface area contributed by atoms with Crippen LogP contribution in [0.5, 0.6) is 0 Å². The van der Waals surface area contributed by atoms with Gasteiger partial charge < -0.3 is 10.2 Å². The lowest BCUT2D eigenvalue weighted by atomic mass is 10.0. The van der Waals surface area contributed by atoms with Crippen LogP contribution >= 0.6 is 0 Å². The lowest BCUT2D eigenvalue weighted by Crippen LogP contribution is -2.50. The van der Waals surface area contributed by atoms with Crippen LogP contribution in [0.15, 0.2) is 30.7 Å². The van der Waals surface area contributed by atoms with E-state index in [9.17, 15) is 13.2 Å². The Morgan fingerprint density at radius 1 is 1.20 bits per heavy atom. The zero-order valence-electron chi connectivity index (χ0n) is 12.8. The molecule has 0 unspecified atom stereocenters. The topological polar surface area (TPSA) is 84.1 Å². The molecule has 0 aromatic carbocycles. The number of alkyl halides is 3. The quantitative estimate of drug-likeness (QED) is 0.763. The lowest BCUT2D eigenvalue weighted by molar-refractivity contribution is -0.141. The highest BCUT2D eigenvalue weighted by molar-refractivity contribution is 5.47. The monoisotopic (exact) mass is 350 g/mol. The Bertz CT molecular complexity index is 887. The van der Waals surface area contributed by atoms with E-state index >= 15 is 0 Å². The van der Waals surface area contributed by atoms with Gasteiger partial charge >= 0.3 is 6.18 Å². The second-order valence-electron chi connectivity index (χ2n) is 5.74. The molecule has 1 fully saturated rings. The summed E-state index contributed by atoms with van der Waals surface area (Å²) >= 11 is 0. The molecule has 0 radical (unpaired) electrons. The first-order valence-electron chi connectivity index (χ1n) is 7.55. The minimum absolute atomic E-state index is 0.0164. The molecule has 0 aliphatic carbocycles. The molecule has 0 saturated carbocycles. The summed E-state index contributed by atoms with van der Waals surface area (Å²) in [6.07, 6.45) is -1.84. The number of nitrogens with one attached hydrogen (secondary N) is 1. The number of fused-ring (bicyclic) bond motifs is 1. The highest BCUT2D eigenvalue weighted by Gasteiger charge is 2.33. The Morgan fingerprint density at radius 2 is 2.04 bits per heavy atom. The fraction of sp³-hybridized carbons (Fsp3) is 0.357. The predicted octanol–water partition coefficient (Wildman–Crippen LogP) is 1.48. The summed E-state index contributed by atoms with van der Waals surface area (Å²) in [5, 5.41) is 14.9. The summed E-state index contributed by atoms with van der Waals surface area (Å²) in [7, 11) is 0. The number of hydrogen-bond acceptors (Lipinski definition) is 7. The van der Waals surface area contributed by atoms with Gasteiger partial charge in [-0.15, -0.1) is 15.3 Å². The molecule has 8 nitrogen and oxygen atoms in total. The standard InChI is InChI=1S/C14H13F3N8/c15-14(16,17)10-3-4-18-13(21-10)19-5-9-6-24(7-9)12-2-1-11-22-20-8-25(11)23-12/h1-4,8-9H,5-7H2,(H,18,19,21). The summed E-state index contributed by atoms with van der Waals surface area (Å²) in [6.45, 7) is 1.98. The molecule has 0 atom stereocenters. The molecule has 130 valence electrons. The van der Waals surface area contributed by atoms with Crippen molar-refractivity contribution in [1.29, 1.82) is 0 Å². The van der Waals surface area contributed by atoms with Gasteiger partial charge in [0.15, 0.2) is 5.65 Å². The van der Waals surface area contributed by atoms with Gasteiger partial charge in [0.05, 0.1) is 0 Å². The molecular weight excluding hydrogens is 337 g/mol. The van der Waals surface area contributed by atoms with Gasteiger partial charge in [0.2, 0.25) is 5.95 Å². The molecule has 1 N–H and O–H groups in total. The third kappa shape index (κ3) is 3.16. The van der Waals surface area contributed by atoms with E-state index in [0.29, 0.717) is 12.2 Å². The van der Waals surface area contributed by atoms with E-state index in [-0.39, 0.29) is 11.9 Å². The van der Waals surface area contributed by atoms with E-state index in [4.69, 9.17) is 0 Å². The highest BCUT2D eigenvalue weighted by atomic mass is 19.4. The second kappa shape index (κ2) is 5.83. The largest absolute Gasteiger partial charge is 0.433 e. The van der Waals surface area contributed by atoms with E-state index in [1.54, 1.807) is 4.52 Å². The SMILES string of the molecule is FC(F)(F)c1ccnc(NCC2CN(c3ccc4nncn4n3)C2)n1. The van der Waals surface area contributed by atoms with Gasteiger partial charge in [-0.2, -0.15) is 17.7 Å². The molecule has 3 aromatic rings. The maximum atomic E-state index is 12.6. The van der Waals surface area contributed by atoms with Crippen molar-refractivity contribution in [3.63, 3.8) is 0 Å². The zero-order valence-corrected chi connectivity index (χ0v) is 12.8. The summed E-state index contributed by atoms with van der Waals surface area (Å²) in [4.78, 5) is 9.38. The number of aromatic nitrogens is 6. The maximum Gasteiger partial charge on any atom is 0.433 e. The molecule has 11 heteroatoms. The zero-order chi connectivity index (χ0) is 17.4. The van der Waals surface area contributed by atoms with E-state index in [2.05, 4.69) is 35.5 Å². The Kier molecular flexibility index (Phi) is 3.62. The summed E-state index contributed by atoms with van der Waals surface area (Å²) in [5.41, 5.74) is -0.282. The molecule has 0 spiro atoms. The second-order valence-corrected chi connectivity index (χ2v) is 5.74. The van der Waals surface area contributed by atoms with Crippen molar-refractivity contribution in [2.75, 3.05) is 29.9 Å². The molecular formula is C14H13F3N8. The predicted molar refractivity (Wildman–Crippen MR) is 82.0 cm³/mol. The van der Waals surface area contributed by atoms with E-state index < -0.39 is 11.9 Å². The summed E-state index contributed by atoms with van der Waals surface area (Å²) in [5.74, 6) is 1.06. The van der Waals surface area contributed by atoms with Crippen LogP contribution < -0.4 is 10.2 Å². The molecule has 25 heavy (non-hydrogen) atoms. The molecule has 1 aliphatic heterocycles. The van der Waals surface area contributed by atoms with Crippen LogP contribution in [-0.2, 0) is 6.18 Å². The van der Waals surface area contributed by atoms with Crippen molar-refractivity contribution >= 4 is 17.4 Å². The van der Waals surface area contributed by atoms with Crippen LogP contribution in [0.4, 0.5) is 24.9 Å². The Morgan fingerprint density at radius 3 is 2.84 bits per heavy atom. The number of rotatable bonds is 4. The third-order valence-corrected chi connectivity index (χ3v) is 3.92. The van der Waals surface area contributed by atoms with Gasteiger partial charge in [0.1, 0.15) is 17.8 Å². The van der Waals surface area contributed by atoms with Gasteiger partial charge in [-0.25, -0.2) is 9.97 Å². The number of halogens is 3. The van der Waals surface area contributed by atoms with Crippen LogP contribution in [0, 0.1) is 5.92 Å². The average molecular weight is 350 g/mol. The van der Waals surface area contributed by atoms with Crippen LogP contribution in [0.1, 0.15) is 5.69 Å². The van der Waals surface area contributed by atoms with E-state index in [1.165, 1.54) is 6.33 Å². The third-order valence-electron chi connectivity index (χ3n) is 3.92. The molecule has 0 bridgehead atoms. The van der Waals surface area contributed by atoms with Gasteiger partial charge in [-0.3, -0.25) is 0 Å². The van der Waals surface area contributed by atoms with Gasteiger partial charge in [-0.05, 0) is 18.2 Å². The lowest BCUT2D eigenvalue weighted by Gasteiger charge is -2.40. The molecule has 0 amide bonds. The average Bonchev–Trinajstić information content (AvgIpc) is 3.00. The molecule has 3 aromatic heterocycles. The molecule has 1 saturated heterocycles. The van der Waals surface area contributed by atoms with Crippen molar-refractivity contribution in [1.82, 2.24) is 29.8 Å².